The van der Waals surface area contributed by atoms with Crippen molar-refractivity contribution in [2.75, 3.05) is 0 Å². The highest BCUT2D eigenvalue weighted by molar-refractivity contribution is 9.10. The quantitative estimate of drug-likeness (QED) is 0.648. The molecule has 0 saturated heterocycles. The molecule has 0 radical (unpaired) electrons. The van der Waals surface area contributed by atoms with E-state index in [9.17, 15) is 0 Å². The molecule has 3 rings (SSSR count). The van der Waals surface area contributed by atoms with Crippen molar-refractivity contribution in [3.05, 3.63) is 46.5 Å². The predicted octanol–water partition coefficient (Wildman–Crippen LogP) is 3.23. The van der Waals surface area contributed by atoms with Gasteiger partial charge in [0, 0.05) is 10.2 Å². The molecule has 0 spiro atoms. The van der Waals surface area contributed by atoms with Crippen LogP contribution in [0, 0.1) is 0 Å². The molecule has 2 aromatic heterocycles. The first-order chi connectivity index (χ1) is 8.25. The van der Waals surface area contributed by atoms with Gasteiger partial charge in [0.15, 0.2) is 10.8 Å². The lowest BCUT2D eigenvalue weighted by molar-refractivity contribution is 1.06. The number of halogens is 2. The molecular weight excluding hydrogens is 304 g/mol. The Morgan fingerprint density at radius 2 is 2.06 bits per heavy atom. The maximum atomic E-state index is 5.95. The van der Waals surface area contributed by atoms with E-state index in [-0.39, 0.29) is 0 Å². The summed E-state index contributed by atoms with van der Waals surface area (Å²) in [7, 11) is 0. The van der Waals surface area contributed by atoms with Gasteiger partial charge >= 0.3 is 0 Å². The summed E-state index contributed by atoms with van der Waals surface area (Å²) in [5.41, 5.74) is 2.27. The van der Waals surface area contributed by atoms with Crippen molar-refractivity contribution in [3.8, 4) is 5.69 Å². The molecule has 4 nitrogen and oxygen atoms in total. The van der Waals surface area contributed by atoms with Crippen LogP contribution in [0.3, 0.4) is 0 Å². The van der Waals surface area contributed by atoms with E-state index >= 15 is 0 Å². The highest BCUT2D eigenvalue weighted by atomic mass is 79.9. The van der Waals surface area contributed by atoms with Gasteiger partial charge in [-0.25, -0.2) is 15.0 Å². The highest BCUT2D eigenvalue weighted by Gasteiger charge is 2.09. The second-order valence-corrected chi connectivity index (χ2v) is 4.70. The second kappa shape index (κ2) is 4.09. The van der Waals surface area contributed by atoms with Crippen LogP contribution in [0.2, 0.25) is 5.15 Å². The molecule has 0 aliphatic rings. The molecule has 3 aromatic rings. The van der Waals surface area contributed by atoms with Crippen LogP contribution in [-0.4, -0.2) is 19.5 Å². The van der Waals surface area contributed by atoms with E-state index in [1.165, 1.54) is 6.33 Å². The topological polar surface area (TPSA) is 43.6 Å². The number of imidazole rings is 1. The third-order valence-corrected chi connectivity index (χ3v) is 3.15. The first-order valence-electron chi connectivity index (χ1n) is 4.85. The van der Waals surface area contributed by atoms with E-state index in [0.717, 1.165) is 10.2 Å². The summed E-state index contributed by atoms with van der Waals surface area (Å²) in [6, 6.07) is 7.87. The Morgan fingerprint density at radius 3 is 2.88 bits per heavy atom. The first-order valence-corrected chi connectivity index (χ1v) is 6.02. The molecule has 0 atom stereocenters. The van der Waals surface area contributed by atoms with Gasteiger partial charge in [-0.3, -0.25) is 4.57 Å². The van der Waals surface area contributed by atoms with Crippen molar-refractivity contribution in [2.45, 2.75) is 0 Å². The number of benzene rings is 1. The van der Waals surface area contributed by atoms with Gasteiger partial charge in [0.2, 0.25) is 0 Å². The molecule has 0 saturated carbocycles. The molecule has 0 aliphatic heterocycles. The molecule has 0 unspecified atom stereocenters. The molecule has 0 fully saturated rings. The summed E-state index contributed by atoms with van der Waals surface area (Å²) >= 11 is 9.39. The lowest BCUT2D eigenvalue weighted by Crippen LogP contribution is -1.94. The van der Waals surface area contributed by atoms with Gasteiger partial charge in [-0.05, 0) is 18.2 Å². The van der Waals surface area contributed by atoms with Gasteiger partial charge in [0.05, 0.1) is 0 Å². The summed E-state index contributed by atoms with van der Waals surface area (Å²) in [5.74, 6) is 0. The van der Waals surface area contributed by atoms with E-state index in [0.29, 0.717) is 16.3 Å². The Bertz CT molecular complexity index is 695. The van der Waals surface area contributed by atoms with Gasteiger partial charge < -0.3 is 0 Å². The van der Waals surface area contributed by atoms with Crippen LogP contribution in [0.15, 0.2) is 41.4 Å². The van der Waals surface area contributed by atoms with Gasteiger partial charge in [0.1, 0.15) is 18.2 Å². The third-order valence-electron chi connectivity index (χ3n) is 2.38. The van der Waals surface area contributed by atoms with Crippen molar-refractivity contribution >= 4 is 38.7 Å². The zero-order valence-corrected chi connectivity index (χ0v) is 10.9. The standard InChI is InChI=1S/C11H6BrClN4/c12-7-2-1-3-8(4-7)17-6-16-9-10(13)14-5-15-11(9)17/h1-6H. The normalized spacial score (nSPS) is 10.9. The zero-order chi connectivity index (χ0) is 11.8. The van der Waals surface area contributed by atoms with E-state index in [4.69, 9.17) is 11.6 Å². The Kier molecular flexibility index (Phi) is 2.57. The van der Waals surface area contributed by atoms with Gasteiger partial charge in [-0.15, -0.1) is 0 Å². The number of fused-ring (bicyclic) bond motifs is 1. The first kappa shape index (κ1) is 10.7. The van der Waals surface area contributed by atoms with Crippen LogP contribution in [0.25, 0.3) is 16.9 Å². The average Bonchev–Trinajstić information content (AvgIpc) is 2.74. The van der Waals surface area contributed by atoms with Crippen molar-refractivity contribution in [2.24, 2.45) is 0 Å². The fourth-order valence-electron chi connectivity index (χ4n) is 1.62. The van der Waals surface area contributed by atoms with Gasteiger partial charge in [-0.2, -0.15) is 0 Å². The molecule has 6 heteroatoms. The molecule has 84 valence electrons. The number of rotatable bonds is 1. The Balaban J connectivity index is 2.28. The SMILES string of the molecule is Clc1ncnc2c1ncn2-c1cccc(Br)c1. The van der Waals surface area contributed by atoms with Gasteiger partial charge in [-0.1, -0.05) is 33.6 Å². The smallest absolute Gasteiger partial charge is 0.169 e. The number of hydrogen-bond acceptors (Lipinski definition) is 3. The van der Waals surface area contributed by atoms with Crippen LogP contribution in [0.5, 0.6) is 0 Å². The van der Waals surface area contributed by atoms with E-state index in [1.54, 1.807) is 6.33 Å². The number of aromatic nitrogens is 4. The van der Waals surface area contributed by atoms with E-state index < -0.39 is 0 Å². The van der Waals surface area contributed by atoms with Crippen LogP contribution in [0.1, 0.15) is 0 Å². The summed E-state index contributed by atoms with van der Waals surface area (Å²) in [4.78, 5) is 12.3. The second-order valence-electron chi connectivity index (χ2n) is 3.43. The fraction of sp³-hybridized carbons (Fsp3) is 0. The van der Waals surface area contributed by atoms with Crippen LogP contribution in [0.4, 0.5) is 0 Å². The van der Waals surface area contributed by atoms with Crippen LogP contribution >= 0.6 is 27.5 Å². The lowest BCUT2D eigenvalue weighted by atomic mass is 10.3. The molecule has 1 aromatic carbocycles. The zero-order valence-electron chi connectivity index (χ0n) is 8.51. The van der Waals surface area contributed by atoms with Crippen molar-refractivity contribution in [1.29, 1.82) is 0 Å². The molecule has 0 amide bonds. The Labute approximate surface area is 110 Å². The molecule has 0 aliphatic carbocycles. The van der Waals surface area contributed by atoms with Crippen molar-refractivity contribution in [3.63, 3.8) is 0 Å². The highest BCUT2D eigenvalue weighted by Crippen LogP contribution is 2.22. The van der Waals surface area contributed by atoms with Gasteiger partial charge in [0.25, 0.3) is 0 Å². The lowest BCUT2D eigenvalue weighted by Gasteiger charge is -2.03. The monoisotopic (exact) mass is 308 g/mol. The van der Waals surface area contributed by atoms with Crippen molar-refractivity contribution in [1.82, 2.24) is 19.5 Å². The molecular formula is C11H6BrClN4. The summed E-state index contributed by atoms with van der Waals surface area (Å²) in [5, 5.41) is 0.365. The minimum atomic E-state index is 0.365. The van der Waals surface area contributed by atoms with E-state index in [1.807, 2.05) is 28.8 Å². The van der Waals surface area contributed by atoms with E-state index in [2.05, 4.69) is 30.9 Å². The minimum absolute atomic E-state index is 0.365. The average molecular weight is 310 g/mol. The minimum Gasteiger partial charge on any atom is -0.283 e. The molecule has 2 heterocycles. The number of hydrogen-bond donors (Lipinski definition) is 0. The molecule has 17 heavy (non-hydrogen) atoms. The summed E-state index contributed by atoms with van der Waals surface area (Å²) in [6.45, 7) is 0. The summed E-state index contributed by atoms with van der Waals surface area (Å²) in [6.07, 6.45) is 3.12. The van der Waals surface area contributed by atoms with Crippen molar-refractivity contribution < 1.29 is 0 Å². The van der Waals surface area contributed by atoms with Crippen LogP contribution < -0.4 is 0 Å². The fourth-order valence-corrected chi connectivity index (χ4v) is 2.19. The maximum absolute atomic E-state index is 5.95. The Morgan fingerprint density at radius 1 is 1.18 bits per heavy atom. The molecule has 0 N–H and O–H groups in total. The predicted molar refractivity (Wildman–Crippen MR) is 69.4 cm³/mol. The van der Waals surface area contributed by atoms with Crippen LogP contribution in [-0.2, 0) is 0 Å². The maximum Gasteiger partial charge on any atom is 0.169 e. The number of nitrogens with zero attached hydrogens (tertiary/aromatic N) is 4. The Hall–Kier alpha value is -1.46. The summed E-state index contributed by atoms with van der Waals surface area (Å²) < 4.78 is 2.87. The molecule has 0 bridgehead atoms. The largest absolute Gasteiger partial charge is 0.283 e. The third kappa shape index (κ3) is 1.81.